The van der Waals surface area contributed by atoms with Crippen molar-refractivity contribution < 1.29 is 33.8 Å². The molecule has 0 radical (unpaired) electrons. The van der Waals surface area contributed by atoms with Gasteiger partial charge in [-0.3, -0.25) is 39.4 Å². The van der Waals surface area contributed by atoms with Crippen LogP contribution in [0.2, 0.25) is 0 Å². The molecule has 3 aromatic carbocycles. The molecule has 2 aliphatic rings. The molecule has 5 rings (SSSR count). The first-order chi connectivity index (χ1) is 18.6. The van der Waals surface area contributed by atoms with Crippen LogP contribution in [0.5, 0.6) is 5.75 Å². The summed E-state index contributed by atoms with van der Waals surface area (Å²) in [5.74, 6) is -3.68. The van der Waals surface area contributed by atoms with Crippen molar-refractivity contribution in [3.05, 3.63) is 97.6 Å². The summed E-state index contributed by atoms with van der Waals surface area (Å²) in [7, 11) is 0. The van der Waals surface area contributed by atoms with E-state index >= 15 is 0 Å². The number of aryl methyl sites for hydroxylation is 1. The minimum atomic E-state index is -0.880. The zero-order valence-corrected chi connectivity index (χ0v) is 20.2. The van der Waals surface area contributed by atoms with Gasteiger partial charge in [-0.1, -0.05) is 18.2 Å². The van der Waals surface area contributed by atoms with Gasteiger partial charge in [0, 0.05) is 36.7 Å². The standard InChI is InChI=1S/C26H18N4O9/c1-14-8-9-16(12-21(14)30(37)38)27-13-15(10-22(27)31)26(34)39-18-5-2-4-17(11-18)28-24(32)19-6-3-7-20(29(35)36)23(19)25(28)33/h2-9,11-12,15H,10,13H2,1H3/t15-/m0/s1. The molecule has 2 aliphatic heterocycles. The van der Waals surface area contributed by atoms with E-state index in [1.807, 2.05) is 0 Å². The van der Waals surface area contributed by atoms with Crippen LogP contribution in [0, 0.1) is 33.1 Å². The van der Waals surface area contributed by atoms with E-state index in [-0.39, 0.29) is 46.9 Å². The zero-order valence-electron chi connectivity index (χ0n) is 20.2. The molecule has 13 nitrogen and oxygen atoms in total. The summed E-state index contributed by atoms with van der Waals surface area (Å²) in [5, 5.41) is 22.6. The number of rotatable bonds is 6. The van der Waals surface area contributed by atoms with Gasteiger partial charge in [0.05, 0.1) is 32.7 Å². The molecule has 196 valence electrons. The summed E-state index contributed by atoms with van der Waals surface area (Å²) < 4.78 is 5.44. The molecule has 1 fully saturated rings. The van der Waals surface area contributed by atoms with E-state index in [1.54, 1.807) is 13.0 Å². The van der Waals surface area contributed by atoms with Crippen molar-refractivity contribution >= 4 is 46.4 Å². The van der Waals surface area contributed by atoms with Gasteiger partial charge in [-0.25, -0.2) is 4.90 Å². The number of hydrogen-bond acceptors (Lipinski definition) is 9. The number of imide groups is 1. The lowest BCUT2D eigenvalue weighted by Crippen LogP contribution is -2.29. The van der Waals surface area contributed by atoms with Crippen molar-refractivity contribution in [2.45, 2.75) is 13.3 Å². The highest BCUT2D eigenvalue weighted by molar-refractivity contribution is 6.35. The number of nitrogens with zero attached hydrogens (tertiary/aromatic N) is 4. The predicted octanol–water partition coefficient (Wildman–Crippen LogP) is 3.57. The maximum atomic E-state index is 13.0. The number of esters is 1. The molecule has 1 saturated heterocycles. The van der Waals surface area contributed by atoms with E-state index in [2.05, 4.69) is 0 Å². The van der Waals surface area contributed by atoms with Crippen molar-refractivity contribution in [3.63, 3.8) is 0 Å². The Labute approximate surface area is 219 Å². The largest absolute Gasteiger partial charge is 0.426 e. The summed E-state index contributed by atoms with van der Waals surface area (Å²) in [5.41, 5.74) is -0.328. The number of anilines is 2. The monoisotopic (exact) mass is 530 g/mol. The SMILES string of the molecule is Cc1ccc(N2C[C@@H](C(=O)Oc3cccc(N4C(=O)c5cccc([N+](=O)[O-])c5C4=O)c3)CC2=O)cc1[N+](=O)[O-]. The van der Waals surface area contributed by atoms with E-state index < -0.39 is 45.1 Å². The quantitative estimate of drug-likeness (QED) is 0.152. The number of carbonyl (C=O) groups is 4. The molecule has 0 bridgehead atoms. The van der Waals surface area contributed by atoms with Crippen LogP contribution < -0.4 is 14.5 Å². The summed E-state index contributed by atoms with van der Waals surface area (Å²) >= 11 is 0. The Morgan fingerprint density at radius 2 is 1.62 bits per heavy atom. The molecule has 0 spiro atoms. The fraction of sp³-hybridized carbons (Fsp3) is 0.154. The Hall–Kier alpha value is -5.46. The van der Waals surface area contributed by atoms with Gasteiger partial charge in [0.1, 0.15) is 11.3 Å². The van der Waals surface area contributed by atoms with Crippen LogP contribution in [0.4, 0.5) is 22.7 Å². The normalized spacial score (nSPS) is 16.4. The molecule has 3 amide bonds. The van der Waals surface area contributed by atoms with Crippen LogP contribution in [0.15, 0.2) is 60.7 Å². The number of hydrogen-bond donors (Lipinski definition) is 0. The highest BCUT2D eigenvalue weighted by Crippen LogP contribution is 2.35. The lowest BCUT2D eigenvalue weighted by Gasteiger charge is -2.17. The van der Waals surface area contributed by atoms with Gasteiger partial charge in [-0.2, -0.15) is 0 Å². The molecular formula is C26H18N4O9. The number of benzene rings is 3. The lowest BCUT2D eigenvalue weighted by molar-refractivity contribution is -0.385. The number of ether oxygens (including phenoxy) is 1. The molecule has 0 aromatic heterocycles. The van der Waals surface area contributed by atoms with E-state index in [1.165, 1.54) is 53.4 Å². The molecule has 0 N–H and O–H groups in total. The molecule has 39 heavy (non-hydrogen) atoms. The van der Waals surface area contributed by atoms with Crippen LogP contribution in [-0.2, 0) is 9.59 Å². The first kappa shape index (κ1) is 25.2. The average molecular weight is 530 g/mol. The van der Waals surface area contributed by atoms with E-state index in [9.17, 15) is 39.4 Å². The van der Waals surface area contributed by atoms with Crippen molar-refractivity contribution in [2.24, 2.45) is 5.92 Å². The fourth-order valence-corrected chi connectivity index (χ4v) is 4.62. The van der Waals surface area contributed by atoms with Crippen molar-refractivity contribution in [1.29, 1.82) is 0 Å². The second kappa shape index (κ2) is 9.45. The van der Waals surface area contributed by atoms with E-state index in [4.69, 9.17) is 4.74 Å². The molecule has 0 aliphatic carbocycles. The molecule has 2 heterocycles. The number of nitro groups is 2. The summed E-state index contributed by atoms with van der Waals surface area (Å²) in [4.78, 5) is 74.8. The van der Waals surface area contributed by atoms with E-state index in [0.29, 0.717) is 5.56 Å². The van der Waals surface area contributed by atoms with Gasteiger partial charge in [0.2, 0.25) is 5.91 Å². The van der Waals surface area contributed by atoms with Crippen LogP contribution in [-0.4, -0.2) is 40.1 Å². The van der Waals surface area contributed by atoms with Crippen LogP contribution in [0.1, 0.15) is 32.7 Å². The van der Waals surface area contributed by atoms with Crippen LogP contribution in [0.3, 0.4) is 0 Å². The van der Waals surface area contributed by atoms with Gasteiger partial charge >= 0.3 is 5.97 Å². The Bertz CT molecular complexity index is 1620. The second-order valence-electron chi connectivity index (χ2n) is 8.95. The summed E-state index contributed by atoms with van der Waals surface area (Å²) in [6, 6.07) is 13.6. The lowest BCUT2D eigenvalue weighted by atomic mass is 10.1. The van der Waals surface area contributed by atoms with Crippen molar-refractivity contribution in [1.82, 2.24) is 0 Å². The molecular weight excluding hydrogens is 512 g/mol. The average Bonchev–Trinajstić information content (AvgIpc) is 3.41. The van der Waals surface area contributed by atoms with Gasteiger partial charge in [-0.15, -0.1) is 0 Å². The number of amides is 3. The van der Waals surface area contributed by atoms with Gasteiger partial charge < -0.3 is 9.64 Å². The van der Waals surface area contributed by atoms with Gasteiger partial charge in [0.25, 0.3) is 23.2 Å². The maximum Gasteiger partial charge on any atom is 0.316 e. The smallest absolute Gasteiger partial charge is 0.316 e. The highest BCUT2D eigenvalue weighted by atomic mass is 16.6. The third-order valence-corrected chi connectivity index (χ3v) is 6.54. The molecule has 0 unspecified atom stereocenters. The van der Waals surface area contributed by atoms with Crippen molar-refractivity contribution in [3.8, 4) is 5.75 Å². The third-order valence-electron chi connectivity index (χ3n) is 6.54. The molecule has 1 atom stereocenters. The Balaban J connectivity index is 1.33. The predicted molar refractivity (Wildman–Crippen MR) is 135 cm³/mol. The Morgan fingerprint density at radius 3 is 2.33 bits per heavy atom. The maximum absolute atomic E-state index is 13.0. The minimum Gasteiger partial charge on any atom is -0.426 e. The van der Waals surface area contributed by atoms with Crippen LogP contribution >= 0.6 is 0 Å². The first-order valence-corrected chi connectivity index (χ1v) is 11.6. The summed E-state index contributed by atoms with van der Waals surface area (Å²) in [6.45, 7) is 1.52. The molecule has 13 heteroatoms. The number of fused-ring (bicyclic) bond motifs is 1. The van der Waals surface area contributed by atoms with Crippen LogP contribution in [0.25, 0.3) is 0 Å². The Kier molecular flexibility index (Phi) is 6.10. The first-order valence-electron chi connectivity index (χ1n) is 11.6. The third kappa shape index (κ3) is 4.35. The molecule has 3 aromatic rings. The topological polar surface area (TPSA) is 170 Å². The van der Waals surface area contributed by atoms with E-state index in [0.717, 1.165) is 11.0 Å². The second-order valence-corrected chi connectivity index (χ2v) is 8.95. The van der Waals surface area contributed by atoms with Gasteiger partial charge in [-0.05, 0) is 31.2 Å². The van der Waals surface area contributed by atoms with Crippen molar-refractivity contribution in [2.75, 3.05) is 16.3 Å². The van der Waals surface area contributed by atoms with Gasteiger partial charge in [0.15, 0.2) is 0 Å². The zero-order chi connectivity index (χ0) is 28.0. The summed E-state index contributed by atoms with van der Waals surface area (Å²) in [6.07, 6.45) is -0.178. The number of nitro benzene ring substituents is 2. The number of carbonyl (C=O) groups excluding carboxylic acids is 4. The highest BCUT2D eigenvalue weighted by Gasteiger charge is 2.42. The minimum absolute atomic E-state index is 0.0135. The molecule has 0 saturated carbocycles. The fourth-order valence-electron chi connectivity index (χ4n) is 4.62. The Morgan fingerprint density at radius 1 is 0.897 bits per heavy atom.